The zero-order valence-electron chi connectivity index (χ0n) is 20.2. The molecule has 3 aromatic rings. The van der Waals surface area contributed by atoms with Gasteiger partial charge in [-0.25, -0.2) is 0 Å². The van der Waals surface area contributed by atoms with Crippen molar-refractivity contribution in [3.05, 3.63) is 111 Å². The van der Waals surface area contributed by atoms with Crippen molar-refractivity contribution >= 4 is 43.2 Å². The molecule has 1 radical (unpaired) electrons. The summed E-state index contributed by atoms with van der Waals surface area (Å²) >= 11 is 5.71. The SMILES string of the molecule is CC(C)N(PCl)C(C)C.[C-]#[O+].[C-]#[O+].[C-]#[O+].[Co].c1ccc([PH+](c2ccccc2)c2ccccc2)cc1. The first-order valence-electron chi connectivity index (χ1n) is 10.3. The Kier molecular flexibility index (Phi) is 27.8. The first kappa shape index (κ1) is 38.0. The van der Waals surface area contributed by atoms with Crippen LogP contribution in [0.1, 0.15) is 27.7 Å². The maximum Gasteiger partial charge on any atom is 0.102 e. The molecule has 1 atom stereocenters. The van der Waals surface area contributed by atoms with Crippen LogP contribution in [0.15, 0.2) is 91.0 Å². The van der Waals surface area contributed by atoms with Crippen LogP contribution in [0.2, 0.25) is 0 Å². The van der Waals surface area contributed by atoms with E-state index in [2.05, 4.69) is 143 Å². The van der Waals surface area contributed by atoms with E-state index < -0.39 is 7.92 Å². The van der Waals surface area contributed by atoms with Crippen LogP contribution >= 0.6 is 27.2 Å². The Bertz CT molecular complexity index is 808. The van der Waals surface area contributed by atoms with Gasteiger partial charge in [0, 0.05) is 36.9 Å². The summed E-state index contributed by atoms with van der Waals surface area (Å²) in [5.41, 5.74) is 0. The zero-order valence-corrected chi connectivity index (χ0v) is 24.0. The third kappa shape index (κ3) is 15.3. The minimum atomic E-state index is -0.877. The van der Waals surface area contributed by atoms with Crippen LogP contribution in [0.25, 0.3) is 0 Å². The van der Waals surface area contributed by atoms with Gasteiger partial charge >= 0.3 is 33.9 Å². The molecule has 3 aromatic carbocycles. The molecule has 0 heterocycles. The van der Waals surface area contributed by atoms with Gasteiger partial charge in [0.2, 0.25) is 0 Å². The average Bonchev–Trinajstić information content (AvgIpc) is 2.90. The summed E-state index contributed by atoms with van der Waals surface area (Å²) in [5, 5.41) is 4.31. The molecule has 35 heavy (non-hydrogen) atoms. The fourth-order valence-corrected chi connectivity index (χ4v) is 7.24. The Balaban J connectivity index is -0.000000548. The largest absolute Gasteiger partial charge is 0.102 e. The molecule has 0 amide bonds. The standard InChI is InChI=1S/C18H15P.C6H15ClNP.3CO.Co/c1-4-10-16(11-5-1)19(17-12-6-2-7-13-17)18-14-8-3-9-15-18;1-5(2)8(9-7)6(3)4;3*1-2;/h1-15H;5-6,9H,1-4H3;;;;/p+1. The van der Waals surface area contributed by atoms with E-state index in [4.69, 9.17) is 25.2 Å². The predicted octanol–water partition coefficient (Wildman–Crippen LogP) is 5.91. The quantitative estimate of drug-likeness (QED) is 0.205. The Morgan fingerprint density at radius 2 is 0.829 bits per heavy atom. The molecular weight excluding hydrogens is 543 g/mol. The van der Waals surface area contributed by atoms with Gasteiger partial charge in [-0.05, 0) is 64.1 Å². The molecule has 0 spiro atoms. The minimum absolute atomic E-state index is 0. The molecule has 0 aliphatic rings. The van der Waals surface area contributed by atoms with Crippen molar-refractivity contribution in [1.82, 2.24) is 4.67 Å². The maximum atomic E-state index is 7.50. The number of rotatable bonds is 6. The third-order valence-corrected chi connectivity index (χ3v) is 8.94. The number of halogens is 1. The van der Waals surface area contributed by atoms with E-state index in [-0.39, 0.29) is 16.8 Å². The van der Waals surface area contributed by atoms with Gasteiger partial charge in [-0.15, -0.1) is 0 Å². The van der Waals surface area contributed by atoms with E-state index in [0.717, 1.165) is 0 Å². The van der Waals surface area contributed by atoms with Crippen LogP contribution in [0.5, 0.6) is 0 Å². The molecule has 1 unspecified atom stereocenters. The van der Waals surface area contributed by atoms with Crippen molar-refractivity contribution in [3.63, 3.8) is 0 Å². The molecule has 0 aliphatic carbocycles. The average molecular weight is 574 g/mol. The number of hydrogen-bond acceptors (Lipinski definition) is 1. The summed E-state index contributed by atoms with van der Waals surface area (Å²) in [4.78, 5) is 0. The normalized spacial score (nSPS) is 9.34. The van der Waals surface area contributed by atoms with Gasteiger partial charge in [0.15, 0.2) is 0 Å². The molecule has 187 valence electrons. The fraction of sp³-hybridized carbons (Fsp3) is 0.222. The van der Waals surface area contributed by atoms with Gasteiger partial charge in [-0.1, -0.05) is 65.8 Å². The predicted molar refractivity (Wildman–Crippen MR) is 145 cm³/mol. The smallest absolute Gasteiger partial charge is 0.0620 e. The second kappa shape index (κ2) is 25.6. The van der Waals surface area contributed by atoms with Crippen LogP contribution in [0.3, 0.4) is 0 Å². The molecule has 0 N–H and O–H groups in total. The van der Waals surface area contributed by atoms with Gasteiger partial charge in [0.1, 0.15) is 15.9 Å². The summed E-state index contributed by atoms with van der Waals surface area (Å²) in [7, 11) is -0.462. The molecule has 3 rings (SSSR count). The number of hydrogen-bond donors (Lipinski definition) is 0. The van der Waals surface area contributed by atoms with Gasteiger partial charge < -0.3 is 0 Å². The molecule has 8 heteroatoms. The van der Waals surface area contributed by atoms with Crippen molar-refractivity contribution in [2.45, 2.75) is 39.8 Å². The van der Waals surface area contributed by atoms with Gasteiger partial charge in [-0.2, -0.15) is 0 Å². The monoisotopic (exact) mass is 573 g/mol. The zero-order chi connectivity index (χ0) is 26.4. The second-order valence-corrected chi connectivity index (χ2v) is 10.8. The molecule has 0 aliphatic heterocycles. The molecule has 0 aromatic heterocycles. The van der Waals surface area contributed by atoms with Crippen LogP contribution < -0.4 is 15.9 Å². The first-order chi connectivity index (χ1) is 16.5. The second-order valence-electron chi connectivity index (χ2n) is 7.15. The van der Waals surface area contributed by atoms with Crippen LogP contribution in [0, 0.1) is 20.0 Å². The van der Waals surface area contributed by atoms with Crippen molar-refractivity contribution in [1.29, 1.82) is 0 Å². The molecular formula is C27H31ClCoNO3P2+. The summed E-state index contributed by atoms with van der Waals surface area (Å²) in [6.07, 6.45) is 0. The Morgan fingerprint density at radius 3 is 0.971 bits per heavy atom. The Morgan fingerprint density at radius 1 is 0.600 bits per heavy atom. The van der Waals surface area contributed by atoms with E-state index in [1.165, 1.54) is 15.9 Å². The molecule has 0 bridgehead atoms. The first-order valence-corrected chi connectivity index (χ1v) is 13.8. The van der Waals surface area contributed by atoms with Crippen LogP contribution in [-0.2, 0) is 30.7 Å². The molecule has 0 fully saturated rings. The van der Waals surface area contributed by atoms with E-state index in [9.17, 15) is 0 Å². The van der Waals surface area contributed by atoms with E-state index in [1.54, 1.807) is 0 Å². The number of nitrogens with zero attached hydrogens (tertiary/aromatic N) is 1. The third-order valence-electron chi connectivity index (χ3n) is 4.40. The molecule has 0 saturated heterocycles. The van der Waals surface area contributed by atoms with E-state index in [1.807, 2.05) is 0 Å². The number of benzene rings is 3. The minimum Gasteiger partial charge on any atom is -0.0620 e. The van der Waals surface area contributed by atoms with Crippen molar-refractivity contribution in [3.8, 4) is 0 Å². The van der Waals surface area contributed by atoms with Crippen molar-refractivity contribution in [2.75, 3.05) is 0 Å². The summed E-state index contributed by atoms with van der Waals surface area (Å²) in [6, 6.07) is 33.6. The molecule has 0 saturated carbocycles. The maximum absolute atomic E-state index is 7.50. The van der Waals surface area contributed by atoms with Crippen LogP contribution in [-0.4, -0.2) is 16.8 Å². The Hall–Kier alpha value is -1.50. The van der Waals surface area contributed by atoms with Gasteiger partial charge in [0.05, 0.1) is 7.92 Å². The van der Waals surface area contributed by atoms with Crippen molar-refractivity contribution < 1.29 is 30.7 Å². The van der Waals surface area contributed by atoms with Gasteiger partial charge in [0.25, 0.3) is 0 Å². The summed E-state index contributed by atoms with van der Waals surface area (Å²) in [5.74, 6) is 0. The Labute approximate surface area is 228 Å². The fourth-order valence-electron chi connectivity index (χ4n) is 3.11. The summed E-state index contributed by atoms with van der Waals surface area (Å²) in [6.45, 7) is 22.1. The van der Waals surface area contributed by atoms with Crippen LogP contribution in [0.4, 0.5) is 0 Å². The summed E-state index contributed by atoms with van der Waals surface area (Å²) < 4.78 is 24.8. The van der Waals surface area contributed by atoms with E-state index >= 15 is 0 Å². The molecule has 4 nitrogen and oxygen atoms in total. The van der Waals surface area contributed by atoms with E-state index in [0.29, 0.717) is 20.2 Å². The van der Waals surface area contributed by atoms with Crippen molar-refractivity contribution in [2.24, 2.45) is 0 Å². The van der Waals surface area contributed by atoms with Gasteiger partial charge in [-0.3, -0.25) is 4.67 Å². The topological polar surface area (TPSA) is 62.9 Å².